The summed E-state index contributed by atoms with van der Waals surface area (Å²) in [5.41, 5.74) is 5.77. The molecule has 0 saturated heterocycles. The van der Waals surface area contributed by atoms with E-state index in [0.717, 1.165) is 85.1 Å². The Hall–Kier alpha value is -11.9. The Labute approximate surface area is 760 Å². The molecule has 124 heavy (non-hydrogen) atoms. The summed E-state index contributed by atoms with van der Waals surface area (Å²) in [6, 6.07) is 109. The van der Waals surface area contributed by atoms with E-state index in [0.29, 0.717) is 61.7 Å². The van der Waals surface area contributed by atoms with Crippen molar-refractivity contribution >= 4 is 60.6 Å². The first-order valence-corrected chi connectivity index (χ1v) is 36.9. The van der Waals surface area contributed by atoms with Gasteiger partial charge in [0.15, 0.2) is 0 Å². The molecule has 0 spiro atoms. The molecule has 0 saturated carbocycles. The summed E-state index contributed by atoms with van der Waals surface area (Å²) >= 11 is 0. The quantitative estimate of drug-likeness (QED) is 0.0772. The first-order valence-electron chi connectivity index (χ1n) is 36.9. The normalized spacial score (nSPS) is 10.9. The molecule has 0 aliphatic heterocycles. The van der Waals surface area contributed by atoms with Crippen molar-refractivity contribution in [2.24, 2.45) is 0 Å². The number of hydrogen-bond donors (Lipinski definition) is 1. The summed E-state index contributed by atoms with van der Waals surface area (Å²) in [4.78, 5) is 46.4. The van der Waals surface area contributed by atoms with Gasteiger partial charge in [0, 0.05) is 128 Å². The molecule has 4 heterocycles. The van der Waals surface area contributed by atoms with Crippen molar-refractivity contribution in [2.45, 2.75) is 45.0 Å². The van der Waals surface area contributed by atoms with Crippen LogP contribution in [0.2, 0.25) is 0 Å². The molecule has 13 aromatic carbocycles. The minimum Gasteiger partial charge on any atom is -0.521 e. The number of pyridine rings is 4. The number of alkyl halides is 12. The predicted octanol–water partition coefficient (Wildman–Crippen LogP) is 27.3. The van der Waals surface area contributed by atoms with E-state index < -0.39 is 52.9 Å². The first kappa shape index (κ1) is 97.5. The number of carbonyl (C=O) groups excluding carboxylic acids is 2. The van der Waals surface area contributed by atoms with Gasteiger partial charge >= 0.3 is 24.7 Å². The Kier molecular flexibility index (Phi) is 34.9. The Balaban J connectivity index is 0.000000191. The van der Waals surface area contributed by atoms with Crippen LogP contribution in [0, 0.1) is 30.3 Å². The van der Waals surface area contributed by atoms with Crippen molar-refractivity contribution in [3.8, 4) is 89.5 Å². The van der Waals surface area contributed by atoms with Crippen LogP contribution in [-0.4, -0.2) is 42.6 Å². The van der Waals surface area contributed by atoms with Gasteiger partial charge in [-0.1, -0.05) is 268 Å². The van der Waals surface area contributed by atoms with E-state index in [1.165, 1.54) is 44.2 Å². The molecule has 24 heteroatoms. The SMILES string of the molecule is CC(=O)CC(C)=O.FC(F)(F)c1ccc(-c2[c-]c3cccc(-c4ccccc4)c3cc2)nc1.FC(F)(F)c1cnc(-c2[c-]c3ccccc3cc2)cc1-c1ccccc1.FC(F)(F)c1cnc(-c2[c-]c3ccccc3cc2)cc1-c1ccccc1.FC(F)(F)c1cnc(-c2[c-]c3ccccc3cc2)cc1-c1ccccc1.O=C(O)c1[c-]cccc1.[Ir].[Ir].[Ir].[Ir]. The third-order valence-electron chi connectivity index (χ3n) is 18.4. The molecule has 0 aliphatic carbocycles. The Morgan fingerprint density at radius 2 is 0.621 bits per heavy atom. The number of rotatable bonds is 11. The molecule has 0 aliphatic rings. The molecule has 4 radical (unpaired) electrons. The molecule has 0 atom stereocenters. The number of aromatic carboxylic acids is 1. The number of carboxylic acids is 1. The van der Waals surface area contributed by atoms with Crippen molar-refractivity contribution < 1.29 is 153 Å². The molecular formula is C100H65F12Ir4N4O4-5. The number of benzene rings is 13. The van der Waals surface area contributed by atoms with Crippen molar-refractivity contribution in [2.75, 3.05) is 0 Å². The second-order valence-corrected chi connectivity index (χ2v) is 26.9. The fourth-order valence-corrected chi connectivity index (χ4v) is 12.7. The second kappa shape index (κ2) is 44.4. The van der Waals surface area contributed by atoms with Crippen LogP contribution in [0.4, 0.5) is 52.7 Å². The summed E-state index contributed by atoms with van der Waals surface area (Å²) in [6.45, 7) is 2.81. The van der Waals surface area contributed by atoms with Gasteiger partial charge in [-0.25, -0.2) is 0 Å². The fourth-order valence-electron chi connectivity index (χ4n) is 12.7. The molecule has 0 bridgehead atoms. The Morgan fingerprint density at radius 1 is 0.306 bits per heavy atom. The predicted molar refractivity (Wildman–Crippen MR) is 444 cm³/mol. The van der Waals surface area contributed by atoms with Gasteiger partial charge in [-0.3, -0.25) is 29.5 Å². The zero-order chi connectivity index (χ0) is 85.1. The first-order chi connectivity index (χ1) is 57.5. The summed E-state index contributed by atoms with van der Waals surface area (Å²) in [6.07, 6.45) is -14.1. The van der Waals surface area contributed by atoms with Gasteiger partial charge in [0.05, 0.1) is 28.7 Å². The minimum absolute atomic E-state index is 0. The van der Waals surface area contributed by atoms with E-state index in [2.05, 4.69) is 50.3 Å². The van der Waals surface area contributed by atoms with Crippen LogP contribution in [0.1, 0.15) is 52.9 Å². The number of Topliss-reactive ketones (excluding diaryl/α,β-unsaturated/α-hetero) is 2. The number of fused-ring (bicyclic) bond motifs is 4. The summed E-state index contributed by atoms with van der Waals surface area (Å²) in [7, 11) is 0. The molecule has 0 fully saturated rings. The molecule has 0 unspecified atom stereocenters. The largest absolute Gasteiger partial charge is 0.521 e. The summed E-state index contributed by atoms with van der Waals surface area (Å²) in [5.74, 6) is -1.06. The Morgan fingerprint density at radius 3 is 0.927 bits per heavy atom. The van der Waals surface area contributed by atoms with Crippen molar-refractivity contribution in [1.29, 1.82) is 0 Å². The molecule has 17 rings (SSSR count). The zero-order valence-electron chi connectivity index (χ0n) is 64.9. The number of ketones is 2. The van der Waals surface area contributed by atoms with Gasteiger partial charge in [-0.05, 0) is 58.4 Å². The molecule has 4 aromatic heterocycles. The number of hydrogen-bond acceptors (Lipinski definition) is 7. The van der Waals surface area contributed by atoms with Crippen LogP contribution in [0.5, 0.6) is 0 Å². The van der Waals surface area contributed by atoms with Crippen LogP contribution in [0.25, 0.3) is 133 Å². The van der Waals surface area contributed by atoms with Gasteiger partial charge in [0.2, 0.25) is 5.97 Å². The zero-order valence-corrected chi connectivity index (χ0v) is 74.4. The maximum absolute atomic E-state index is 13.4. The van der Waals surface area contributed by atoms with E-state index >= 15 is 0 Å². The van der Waals surface area contributed by atoms with Gasteiger partial charge in [-0.2, -0.15) is 52.7 Å². The Bertz CT molecular complexity index is 6010. The number of carbonyl (C=O) groups is 3. The minimum atomic E-state index is -4.47. The third kappa shape index (κ3) is 26.1. The van der Waals surface area contributed by atoms with E-state index in [9.17, 15) is 67.1 Å². The maximum atomic E-state index is 13.4. The standard InChI is InChI=1S/4C22H13F3N.C7H5O2.C5H8O2.4Ir/c3*23-22(24,25)20-14-26-21(13-19(20)16-7-2-1-3-8-16)18-11-10-15-6-4-5-9-17(15)12-18;23-22(24,25)18-10-12-21(26-14-18)17-9-11-20-16(13-17)7-4-8-19(20)15-5-2-1-3-6-15;8-7(9)6-4-2-1-3-5-6;1-4(6)3-5(2)7;;;;/h3*1-11,13-14H;1-12,14H;1-4H,(H,8,9);3H2,1-2H3;;;;/q5*-1;;;;;. The summed E-state index contributed by atoms with van der Waals surface area (Å²) in [5, 5.41) is 16.0. The average Bonchev–Trinajstić information content (AvgIpc) is 0.791. The van der Waals surface area contributed by atoms with Crippen LogP contribution in [-0.2, 0) is 115 Å². The number of halogens is 12. The topological polar surface area (TPSA) is 123 Å². The van der Waals surface area contributed by atoms with E-state index in [1.54, 1.807) is 109 Å². The molecular weight excluding hydrogens is 2320 g/mol. The van der Waals surface area contributed by atoms with Crippen molar-refractivity contribution in [1.82, 2.24) is 19.9 Å². The van der Waals surface area contributed by atoms with Crippen molar-refractivity contribution in [3.05, 3.63) is 398 Å². The maximum Gasteiger partial charge on any atom is 0.418 e. The third-order valence-corrected chi connectivity index (χ3v) is 18.4. The number of aromatic nitrogens is 4. The van der Waals surface area contributed by atoms with Gasteiger partial charge in [0.25, 0.3) is 0 Å². The van der Waals surface area contributed by atoms with Gasteiger partial charge in [0.1, 0.15) is 11.6 Å². The molecule has 0 amide bonds. The average molecular weight is 2380 g/mol. The second-order valence-electron chi connectivity index (χ2n) is 26.9. The molecule has 17 aromatic rings. The van der Waals surface area contributed by atoms with Gasteiger partial charge < -0.3 is 9.90 Å². The van der Waals surface area contributed by atoms with Crippen molar-refractivity contribution in [3.63, 3.8) is 0 Å². The van der Waals surface area contributed by atoms with E-state index in [1.807, 2.05) is 170 Å². The van der Waals surface area contributed by atoms with Gasteiger partial charge in [-0.15, -0.1) is 149 Å². The molecule has 1 N–H and O–H groups in total. The van der Waals surface area contributed by atoms with Crippen LogP contribution in [0.15, 0.2) is 340 Å². The molecule has 8 nitrogen and oxygen atoms in total. The fraction of sp³-hybridized carbons (Fsp3) is 0.0700. The van der Waals surface area contributed by atoms with Crippen LogP contribution in [0.3, 0.4) is 0 Å². The smallest absolute Gasteiger partial charge is 0.418 e. The van der Waals surface area contributed by atoms with E-state index in [4.69, 9.17) is 5.11 Å². The molecule has 634 valence electrons. The number of carboxylic acid groups (broad SMARTS) is 1. The monoisotopic (exact) mass is 2390 g/mol. The van der Waals surface area contributed by atoms with E-state index in [-0.39, 0.29) is 121 Å². The van der Waals surface area contributed by atoms with Crippen LogP contribution >= 0.6 is 0 Å². The van der Waals surface area contributed by atoms with Crippen LogP contribution < -0.4 is 0 Å². The summed E-state index contributed by atoms with van der Waals surface area (Å²) < 4.78 is 159. The number of nitrogens with zero attached hydrogens (tertiary/aromatic N) is 4.